The molecule has 67 heavy (non-hydrogen) atoms. The zero-order valence-electron chi connectivity index (χ0n) is 40.4. The van der Waals surface area contributed by atoms with E-state index in [1.165, 1.54) is 33.2 Å². The van der Waals surface area contributed by atoms with Gasteiger partial charge in [-0.15, -0.1) is 0 Å². The summed E-state index contributed by atoms with van der Waals surface area (Å²) in [5.41, 5.74) is 13.2. The van der Waals surface area contributed by atoms with Crippen molar-refractivity contribution < 1.29 is 14.2 Å². The highest BCUT2D eigenvalue weighted by Crippen LogP contribution is 2.68. The maximum atomic E-state index is 7.03. The number of hydrogen-bond acceptors (Lipinski definition) is 7. The van der Waals surface area contributed by atoms with E-state index in [1.54, 1.807) is 0 Å². The zero-order valence-corrected chi connectivity index (χ0v) is 40.4. The van der Waals surface area contributed by atoms with E-state index in [0.717, 1.165) is 85.2 Å². The lowest BCUT2D eigenvalue weighted by molar-refractivity contribution is 0.434. The minimum absolute atomic E-state index is 0.00924. The number of para-hydroxylation sites is 1. The lowest BCUT2D eigenvalue weighted by Gasteiger charge is -2.48. The Bertz CT molecular complexity index is 3330. The van der Waals surface area contributed by atoms with Gasteiger partial charge in [-0.2, -0.15) is 0 Å². The second-order valence-corrected chi connectivity index (χ2v) is 22.4. The Hall–Kier alpha value is -7.19. The second-order valence-electron chi connectivity index (χ2n) is 22.4. The topological polar surface area (TPSA) is 55.2 Å². The van der Waals surface area contributed by atoms with Gasteiger partial charge in [0, 0.05) is 70.4 Å². The van der Waals surface area contributed by atoms with Gasteiger partial charge in [0.2, 0.25) is 0 Å². The molecular weight excluding hydrogens is 827 g/mol. The number of benzene rings is 6. The molecule has 0 unspecified atom stereocenters. The van der Waals surface area contributed by atoms with E-state index in [4.69, 9.17) is 19.2 Å². The number of anilines is 5. The molecule has 0 radical (unpaired) electrons. The van der Waals surface area contributed by atoms with Crippen LogP contribution in [0.1, 0.15) is 104 Å². The first-order valence-corrected chi connectivity index (χ1v) is 23.5. The Balaban J connectivity index is 0.870. The summed E-state index contributed by atoms with van der Waals surface area (Å²) in [5, 5.41) is 2.33. The molecule has 4 aliphatic rings. The molecule has 8 heteroatoms. The zero-order chi connectivity index (χ0) is 46.5. The molecule has 12 rings (SSSR count). The minimum atomic E-state index is -0.285. The highest BCUT2D eigenvalue weighted by molar-refractivity contribution is 6.09. The fraction of sp³-hybridized carbons (Fsp3) is 0.271. The van der Waals surface area contributed by atoms with Crippen molar-refractivity contribution in [3.8, 4) is 40.3 Å². The van der Waals surface area contributed by atoms with E-state index in [1.807, 2.05) is 12.3 Å². The monoisotopic (exact) mass is 883 g/mol. The summed E-state index contributed by atoms with van der Waals surface area (Å²) in [6.45, 7) is 25.7. The van der Waals surface area contributed by atoms with Crippen molar-refractivity contribution in [2.24, 2.45) is 0 Å². The van der Waals surface area contributed by atoms with Crippen molar-refractivity contribution >= 4 is 50.2 Å². The summed E-state index contributed by atoms with van der Waals surface area (Å²) in [4.78, 5) is 11.8. The van der Waals surface area contributed by atoms with Crippen LogP contribution >= 0.6 is 0 Å². The number of aromatic nitrogens is 2. The van der Waals surface area contributed by atoms with Crippen LogP contribution in [0.3, 0.4) is 0 Å². The summed E-state index contributed by atoms with van der Waals surface area (Å²) in [6, 6.07) is 41.2. The predicted octanol–water partition coefficient (Wildman–Crippen LogP) is 15.9. The van der Waals surface area contributed by atoms with Crippen LogP contribution in [0.2, 0.25) is 0 Å². The van der Waals surface area contributed by atoms with Crippen molar-refractivity contribution in [2.45, 2.75) is 97.8 Å². The molecule has 8 aromatic rings. The summed E-state index contributed by atoms with van der Waals surface area (Å²) >= 11 is 0. The van der Waals surface area contributed by atoms with Crippen LogP contribution in [-0.2, 0) is 21.7 Å². The van der Waals surface area contributed by atoms with E-state index in [0.29, 0.717) is 6.67 Å². The molecule has 8 nitrogen and oxygen atoms in total. The molecule has 0 saturated heterocycles. The van der Waals surface area contributed by atoms with Gasteiger partial charge in [-0.3, -0.25) is 9.47 Å². The molecule has 0 fully saturated rings. The van der Waals surface area contributed by atoms with E-state index in [2.05, 4.69) is 217 Å². The SMILES string of the molecule is CC(C)(C)c1ccnc(-n2c3ccccc3c3ccc(Oc4cccc(N5C=CN(c6cc7c8c(c6)Oc6cc(C(C)(C)C)cc9c6N8c6c(cc(C(C)(C)C)cc6C9(C)C)O7)C5)c4)cc32)c1. The maximum absolute atomic E-state index is 7.03. The smallest absolute Gasteiger partial charge is 0.157 e. The van der Waals surface area contributed by atoms with Crippen LogP contribution in [0.15, 0.2) is 134 Å². The number of ether oxygens (including phenoxy) is 3. The molecule has 2 aromatic heterocycles. The summed E-state index contributed by atoms with van der Waals surface area (Å²) in [6.07, 6.45) is 6.16. The molecule has 0 aliphatic carbocycles. The third-order valence-corrected chi connectivity index (χ3v) is 14.3. The van der Waals surface area contributed by atoms with E-state index >= 15 is 0 Å². The largest absolute Gasteiger partial charge is 0.457 e. The Kier molecular flexibility index (Phi) is 8.57. The third kappa shape index (κ3) is 6.43. The first-order valence-electron chi connectivity index (χ1n) is 23.5. The van der Waals surface area contributed by atoms with Crippen molar-refractivity contribution in [3.63, 3.8) is 0 Å². The number of nitrogens with zero attached hydrogens (tertiary/aromatic N) is 5. The van der Waals surface area contributed by atoms with Gasteiger partial charge in [0.25, 0.3) is 0 Å². The molecule has 336 valence electrons. The predicted molar refractivity (Wildman–Crippen MR) is 274 cm³/mol. The van der Waals surface area contributed by atoms with Gasteiger partial charge >= 0.3 is 0 Å². The van der Waals surface area contributed by atoms with E-state index in [-0.39, 0.29) is 21.7 Å². The van der Waals surface area contributed by atoms with Gasteiger partial charge in [-0.05, 0) is 98.7 Å². The highest BCUT2D eigenvalue weighted by Gasteiger charge is 2.48. The summed E-state index contributed by atoms with van der Waals surface area (Å²) in [7, 11) is 0. The van der Waals surface area contributed by atoms with Crippen LogP contribution < -0.4 is 28.9 Å². The molecule has 0 spiro atoms. The van der Waals surface area contributed by atoms with E-state index < -0.39 is 0 Å². The van der Waals surface area contributed by atoms with Gasteiger partial charge in [-0.25, -0.2) is 4.98 Å². The first kappa shape index (κ1) is 41.3. The lowest BCUT2D eigenvalue weighted by Crippen LogP contribution is -2.35. The molecule has 0 saturated carbocycles. The van der Waals surface area contributed by atoms with Crippen molar-refractivity contribution in [3.05, 3.63) is 162 Å². The third-order valence-electron chi connectivity index (χ3n) is 14.3. The Morgan fingerprint density at radius 1 is 0.522 bits per heavy atom. The first-order chi connectivity index (χ1) is 31.8. The molecular formula is C59H57N5O3. The summed E-state index contributed by atoms with van der Waals surface area (Å²) < 4.78 is 23.0. The number of hydrogen-bond donors (Lipinski definition) is 0. The molecule has 6 aromatic carbocycles. The van der Waals surface area contributed by atoms with Crippen molar-refractivity contribution in [1.29, 1.82) is 0 Å². The summed E-state index contributed by atoms with van der Waals surface area (Å²) in [5.74, 6) is 5.73. The quantitative estimate of drug-likeness (QED) is 0.171. The van der Waals surface area contributed by atoms with Gasteiger partial charge in [0.15, 0.2) is 23.0 Å². The fourth-order valence-corrected chi connectivity index (χ4v) is 10.4. The fourth-order valence-electron chi connectivity index (χ4n) is 10.4. The molecule has 0 atom stereocenters. The van der Waals surface area contributed by atoms with Crippen LogP contribution in [-0.4, -0.2) is 16.2 Å². The molecule has 0 bridgehead atoms. The van der Waals surface area contributed by atoms with Gasteiger partial charge in [0.05, 0.1) is 29.1 Å². The molecule has 4 aliphatic heterocycles. The Morgan fingerprint density at radius 3 is 1.75 bits per heavy atom. The Morgan fingerprint density at radius 2 is 1.10 bits per heavy atom. The van der Waals surface area contributed by atoms with Gasteiger partial charge in [-0.1, -0.05) is 113 Å². The van der Waals surface area contributed by atoms with Crippen LogP contribution in [0.5, 0.6) is 34.5 Å². The average Bonchev–Trinajstić information content (AvgIpc) is 3.91. The number of rotatable bonds is 5. The second kappa shape index (κ2) is 13.9. The van der Waals surface area contributed by atoms with Crippen molar-refractivity contribution in [2.75, 3.05) is 21.4 Å². The molecule has 0 N–H and O–H groups in total. The van der Waals surface area contributed by atoms with E-state index in [9.17, 15) is 0 Å². The average molecular weight is 884 g/mol. The number of pyridine rings is 1. The van der Waals surface area contributed by atoms with Gasteiger partial charge in [0.1, 0.15) is 23.0 Å². The molecule has 0 amide bonds. The number of fused-ring (bicyclic) bond motifs is 3. The normalized spacial score (nSPS) is 15.5. The maximum Gasteiger partial charge on any atom is 0.157 e. The minimum Gasteiger partial charge on any atom is -0.457 e. The van der Waals surface area contributed by atoms with Crippen LogP contribution in [0.4, 0.5) is 28.4 Å². The highest BCUT2D eigenvalue weighted by atomic mass is 16.5. The van der Waals surface area contributed by atoms with Crippen LogP contribution in [0, 0.1) is 0 Å². The van der Waals surface area contributed by atoms with Crippen molar-refractivity contribution in [1.82, 2.24) is 9.55 Å². The molecule has 6 heterocycles. The standard InChI is InChI=1S/C59H57N5O3/c1-56(2,3)35-21-22-60-52(29-35)63-46-18-13-12-17-42(46)43-20-19-41(33-47(43)63)65-40-16-14-15-38(30-40)61-23-24-62(34-61)39-31-50-55-51(32-39)67-49-28-37(58(7,8)9)26-45-54(49)64(55)53-44(59(45,10)11)25-36(57(4,5)6)27-48(53)66-50/h12-33H,34H2,1-11H3. The lowest BCUT2D eigenvalue weighted by atomic mass is 9.69. The van der Waals surface area contributed by atoms with Gasteiger partial charge < -0.3 is 24.0 Å². The Labute approximate surface area is 393 Å². The van der Waals surface area contributed by atoms with Crippen LogP contribution in [0.25, 0.3) is 27.6 Å².